The number of alkyl halides is 3. The second kappa shape index (κ2) is 11.8. The smallest absolute Gasteiger partial charge is 0.424 e. The molecule has 1 fully saturated rings. The van der Waals surface area contributed by atoms with E-state index in [1.165, 1.54) is 50.4 Å². The molecule has 5 rings (SSSR count). The Hall–Kier alpha value is -4.54. The largest absolute Gasteiger partial charge is 0.493 e. The van der Waals surface area contributed by atoms with E-state index in [4.69, 9.17) is 31.5 Å². The standard InChI is InChI=1S/C31H26ClF4N3O6/c1-29(28(37)41)15-44-26-19(29)13-24(39-21(26)10-6-16-4-3-5-20(32)25(16)33)30(42,31(34,35)36)14-38-27(40)17-7-11-22(23(12-17)43-2)45-18-8-9-18/h3-5,7,11-13,18,42H,8-9,14-15H2,1-2H3,(H2,37,41)(H,38,40)/t29-,30-/m0/s1. The van der Waals surface area contributed by atoms with E-state index in [1.54, 1.807) is 0 Å². The molecule has 2 amide bonds. The van der Waals surface area contributed by atoms with Gasteiger partial charge in [-0.25, -0.2) is 9.37 Å². The number of halogens is 5. The molecule has 1 saturated carbocycles. The van der Waals surface area contributed by atoms with Crippen LogP contribution in [0.3, 0.4) is 0 Å². The lowest BCUT2D eigenvalue weighted by Gasteiger charge is -2.31. The van der Waals surface area contributed by atoms with Crippen molar-refractivity contribution >= 4 is 23.4 Å². The lowest BCUT2D eigenvalue weighted by molar-refractivity contribution is -0.265. The molecule has 2 heterocycles. The SMILES string of the molecule is COc1cc(C(=O)NC[C@](O)(c2cc3c(c(C#Cc4cccc(Cl)c4F)n2)OC[C@]3(C)C(N)=O)C(F)(F)F)ccc1OC1CC1. The van der Waals surface area contributed by atoms with Gasteiger partial charge in [-0.3, -0.25) is 9.59 Å². The summed E-state index contributed by atoms with van der Waals surface area (Å²) in [7, 11) is 1.35. The number of methoxy groups -OCH3 is 1. The first-order valence-electron chi connectivity index (χ1n) is 13.5. The number of fused-ring (bicyclic) bond motifs is 1. The third-order valence-electron chi connectivity index (χ3n) is 7.52. The van der Waals surface area contributed by atoms with E-state index in [0.717, 1.165) is 18.9 Å². The van der Waals surface area contributed by atoms with Gasteiger partial charge < -0.3 is 30.4 Å². The molecule has 0 spiro atoms. The number of benzene rings is 2. The van der Waals surface area contributed by atoms with E-state index >= 15 is 0 Å². The Morgan fingerprint density at radius 3 is 2.58 bits per heavy atom. The van der Waals surface area contributed by atoms with Gasteiger partial charge in [-0.05, 0) is 62.1 Å². The highest BCUT2D eigenvalue weighted by Crippen LogP contribution is 2.45. The monoisotopic (exact) mass is 647 g/mol. The molecule has 2 aliphatic rings. The minimum atomic E-state index is -5.40. The van der Waals surface area contributed by atoms with Crippen molar-refractivity contribution in [3.05, 3.63) is 81.4 Å². The minimum Gasteiger partial charge on any atom is -0.493 e. The van der Waals surface area contributed by atoms with Crippen molar-refractivity contribution < 1.29 is 46.5 Å². The Kier molecular flexibility index (Phi) is 8.33. The summed E-state index contributed by atoms with van der Waals surface area (Å²) in [6.45, 7) is -0.391. The summed E-state index contributed by atoms with van der Waals surface area (Å²) in [4.78, 5) is 29.3. The van der Waals surface area contributed by atoms with Crippen molar-refractivity contribution in [1.29, 1.82) is 0 Å². The summed E-state index contributed by atoms with van der Waals surface area (Å²) in [5, 5.41) is 13.0. The van der Waals surface area contributed by atoms with Crippen LogP contribution in [0, 0.1) is 17.7 Å². The fourth-order valence-corrected chi connectivity index (χ4v) is 4.70. The molecule has 2 atom stereocenters. The first-order valence-corrected chi connectivity index (χ1v) is 13.9. The second-order valence-electron chi connectivity index (χ2n) is 10.8. The molecule has 4 N–H and O–H groups in total. The molecule has 1 aromatic heterocycles. The number of primary amides is 1. The zero-order valence-corrected chi connectivity index (χ0v) is 24.6. The average molecular weight is 648 g/mol. The molecule has 2 aromatic carbocycles. The van der Waals surface area contributed by atoms with Crippen LogP contribution in [0.15, 0.2) is 42.5 Å². The van der Waals surface area contributed by atoms with Gasteiger partial charge in [0.1, 0.15) is 12.0 Å². The Bertz CT molecular complexity index is 1750. The second-order valence-corrected chi connectivity index (χ2v) is 11.2. The van der Waals surface area contributed by atoms with Crippen molar-refractivity contribution in [1.82, 2.24) is 10.3 Å². The molecule has 3 aromatic rings. The maximum Gasteiger partial charge on any atom is 0.424 e. The van der Waals surface area contributed by atoms with Crippen molar-refractivity contribution in [3.8, 4) is 29.1 Å². The number of hydrogen-bond acceptors (Lipinski definition) is 7. The zero-order valence-electron chi connectivity index (χ0n) is 23.9. The maximum absolute atomic E-state index is 14.6. The van der Waals surface area contributed by atoms with Crippen LogP contribution in [-0.2, 0) is 15.8 Å². The first-order chi connectivity index (χ1) is 21.2. The van der Waals surface area contributed by atoms with E-state index < -0.39 is 52.8 Å². The number of nitrogens with two attached hydrogens (primary N) is 1. The molecule has 236 valence electrons. The van der Waals surface area contributed by atoms with Crippen LogP contribution in [-0.4, -0.2) is 54.4 Å². The van der Waals surface area contributed by atoms with Gasteiger partial charge in [0.15, 0.2) is 28.8 Å². The summed E-state index contributed by atoms with van der Waals surface area (Å²) >= 11 is 5.81. The number of rotatable bonds is 8. The Labute approximate surface area is 259 Å². The van der Waals surface area contributed by atoms with Crippen LogP contribution in [0.2, 0.25) is 5.02 Å². The third kappa shape index (κ3) is 6.08. The quantitative estimate of drug-likeness (QED) is 0.247. The average Bonchev–Trinajstić information content (AvgIpc) is 3.75. The van der Waals surface area contributed by atoms with E-state index in [2.05, 4.69) is 22.1 Å². The Morgan fingerprint density at radius 1 is 1.20 bits per heavy atom. The normalized spacial score (nSPS) is 18.5. The lowest BCUT2D eigenvalue weighted by Crippen LogP contribution is -2.52. The van der Waals surface area contributed by atoms with Gasteiger partial charge in [-0.1, -0.05) is 23.6 Å². The third-order valence-corrected chi connectivity index (χ3v) is 7.82. The number of carbonyl (C=O) groups excluding carboxylic acids is 2. The van der Waals surface area contributed by atoms with Gasteiger partial charge >= 0.3 is 6.18 Å². The van der Waals surface area contributed by atoms with Gasteiger partial charge in [-0.2, -0.15) is 13.2 Å². The van der Waals surface area contributed by atoms with Gasteiger partial charge in [0.05, 0.1) is 36.0 Å². The number of amides is 2. The number of nitrogens with zero attached hydrogens (tertiary/aromatic N) is 1. The van der Waals surface area contributed by atoms with E-state index in [9.17, 15) is 32.3 Å². The number of nitrogens with one attached hydrogen (secondary N) is 1. The molecule has 9 nitrogen and oxygen atoms in total. The van der Waals surface area contributed by atoms with E-state index in [0.29, 0.717) is 5.75 Å². The molecule has 1 aliphatic heterocycles. The van der Waals surface area contributed by atoms with Crippen LogP contribution in [0.25, 0.3) is 0 Å². The van der Waals surface area contributed by atoms with Crippen molar-refractivity contribution in [2.45, 2.75) is 43.1 Å². The number of hydrogen-bond donors (Lipinski definition) is 3. The summed E-state index contributed by atoms with van der Waals surface area (Å²) in [6.07, 6.45) is -3.63. The summed E-state index contributed by atoms with van der Waals surface area (Å²) in [5.74, 6) is 2.57. The number of ether oxygens (including phenoxy) is 3. The van der Waals surface area contributed by atoms with E-state index in [1.807, 2.05) is 0 Å². The highest BCUT2D eigenvalue weighted by Gasteiger charge is 2.57. The number of aromatic nitrogens is 1. The van der Waals surface area contributed by atoms with E-state index in [-0.39, 0.29) is 45.9 Å². The van der Waals surface area contributed by atoms with Crippen LogP contribution in [0.4, 0.5) is 17.6 Å². The topological polar surface area (TPSA) is 133 Å². The fourth-order valence-electron chi connectivity index (χ4n) is 4.53. The maximum atomic E-state index is 14.6. The van der Waals surface area contributed by atoms with Crippen LogP contribution < -0.4 is 25.3 Å². The predicted molar refractivity (Wildman–Crippen MR) is 153 cm³/mol. The molecule has 0 bridgehead atoms. The fraction of sp³-hybridized carbons (Fsp3) is 0.323. The van der Waals surface area contributed by atoms with Crippen molar-refractivity contribution in [3.63, 3.8) is 0 Å². The summed E-state index contributed by atoms with van der Waals surface area (Å²) in [5.41, 5.74) is -1.66. The van der Waals surface area contributed by atoms with Gasteiger partial charge in [0.25, 0.3) is 5.91 Å². The summed E-state index contributed by atoms with van der Waals surface area (Å²) < 4.78 is 74.9. The molecule has 0 unspecified atom stereocenters. The molecule has 0 radical (unpaired) electrons. The molecule has 14 heteroatoms. The molecular weight excluding hydrogens is 622 g/mol. The number of carbonyl (C=O) groups is 2. The van der Waals surface area contributed by atoms with Crippen LogP contribution in [0.1, 0.15) is 52.6 Å². The van der Waals surface area contributed by atoms with Crippen molar-refractivity contribution in [2.24, 2.45) is 5.73 Å². The Balaban J connectivity index is 1.54. The lowest BCUT2D eigenvalue weighted by atomic mass is 9.82. The number of pyridine rings is 1. The highest BCUT2D eigenvalue weighted by atomic mass is 35.5. The van der Waals surface area contributed by atoms with Gasteiger partial charge in [-0.15, -0.1) is 0 Å². The predicted octanol–water partition coefficient (Wildman–Crippen LogP) is 4.14. The zero-order chi connectivity index (χ0) is 32.7. The summed E-state index contributed by atoms with van der Waals surface area (Å²) in [6, 6.07) is 8.92. The van der Waals surface area contributed by atoms with Crippen LogP contribution in [0.5, 0.6) is 17.2 Å². The minimum absolute atomic E-state index is 0.0288. The number of aliphatic hydroxyl groups is 1. The van der Waals surface area contributed by atoms with Crippen LogP contribution >= 0.6 is 11.6 Å². The van der Waals surface area contributed by atoms with Gasteiger partial charge in [0, 0.05) is 11.1 Å². The molecule has 45 heavy (non-hydrogen) atoms. The molecule has 0 saturated heterocycles. The molecule has 1 aliphatic carbocycles. The van der Waals surface area contributed by atoms with Crippen molar-refractivity contribution in [2.75, 3.05) is 20.3 Å². The Morgan fingerprint density at radius 2 is 1.93 bits per heavy atom. The first kappa shape index (κ1) is 31.9. The van der Waals surface area contributed by atoms with Gasteiger partial charge in [0.2, 0.25) is 11.5 Å². The molecular formula is C31H26ClF4N3O6. The highest BCUT2D eigenvalue weighted by molar-refractivity contribution is 6.30.